The van der Waals surface area contributed by atoms with Crippen LogP contribution >= 0.6 is 0 Å². The molecule has 0 aliphatic carbocycles. The molecular weight excluding hydrogens is 260 g/mol. The predicted molar refractivity (Wildman–Crippen MR) is 72.2 cm³/mol. The first kappa shape index (κ1) is 14.3. The van der Waals surface area contributed by atoms with Crippen LogP contribution in [0.15, 0.2) is 24.3 Å². The van der Waals surface area contributed by atoms with Crippen molar-refractivity contribution in [2.75, 3.05) is 26.8 Å². The van der Waals surface area contributed by atoms with Crippen LogP contribution in [0.4, 0.5) is 0 Å². The maximum Gasteiger partial charge on any atom is 0.251 e. The van der Waals surface area contributed by atoms with Gasteiger partial charge in [0.1, 0.15) is 5.75 Å². The SMILES string of the molecule is COc1cccc(C(=O)NCCC(=O)N2CCCO2)c1. The lowest BCUT2D eigenvalue weighted by molar-refractivity contribution is -0.168. The van der Waals surface area contributed by atoms with E-state index in [9.17, 15) is 9.59 Å². The highest BCUT2D eigenvalue weighted by Gasteiger charge is 2.18. The van der Waals surface area contributed by atoms with Gasteiger partial charge in [-0.3, -0.25) is 14.4 Å². The van der Waals surface area contributed by atoms with E-state index in [4.69, 9.17) is 9.57 Å². The Labute approximate surface area is 117 Å². The molecule has 6 heteroatoms. The van der Waals surface area contributed by atoms with Gasteiger partial charge in [-0.05, 0) is 24.6 Å². The van der Waals surface area contributed by atoms with Crippen molar-refractivity contribution in [3.8, 4) is 5.75 Å². The predicted octanol–water partition coefficient (Wildman–Crippen LogP) is 0.979. The molecule has 1 aliphatic rings. The number of benzene rings is 1. The molecule has 0 unspecified atom stereocenters. The third kappa shape index (κ3) is 3.71. The molecule has 108 valence electrons. The first-order chi connectivity index (χ1) is 9.70. The molecule has 2 amide bonds. The zero-order valence-corrected chi connectivity index (χ0v) is 11.4. The fourth-order valence-electron chi connectivity index (χ4n) is 1.92. The Morgan fingerprint density at radius 1 is 1.45 bits per heavy atom. The van der Waals surface area contributed by atoms with Gasteiger partial charge in [-0.25, -0.2) is 5.06 Å². The minimum Gasteiger partial charge on any atom is -0.497 e. The Hall–Kier alpha value is -2.08. The van der Waals surface area contributed by atoms with Crippen molar-refractivity contribution in [2.45, 2.75) is 12.8 Å². The van der Waals surface area contributed by atoms with Gasteiger partial charge in [-0.15, -0.1) is 0 Å². The topological polar surface area (TPSA) is 67.9 Å². The molecule has 2 rings (SSSR count). The third-order valence-corrected chi connectivity index (χ3v) is 2.99. The average molecular weight is 278 g/mol. The van der Waals surface area contributed by atoms with E-state index in [1.54, 1.807) is 31.4 Å². The van der Waals surface area contributed by atoms with E-state index >= 15 is 0 Å². The third-order valence-electron chi connectivity index (χ3n) is 2.99. The lowest BCUT2D eigenvalue weighted by atomic mass is 10.2. The standard InChI is InChI=1S/C14H18N2O4/c1-19-12-5-2-4-11(10-12)14(18)15-7-6-13(17)16-8-3-9-20-16/h2,4-5,10H,3,6-9H2,1H3,(H,15,18). The first-order valence-electron chi connectivity index (χ1n) is 6.56. The molecule has 0 atom stereocenters. The monoisotopic (exact) mass is 278 g/mol. The van der Waals surface area contributed by atoms with Crippen molar-refractivity contribution in [3.05, 3.63) is 29.8 Å². The summed E-state index contributed by atoms with van der Waals surface area (Å²) in [7, 11) is 1.55. The van der Waals surface area contributed by atoms with Gasteiger partial charge < -0.3 is 10.1 Å². The minimum absolute atomic E-state index is 0.103. The molecule has 6 nitrogen and oxygen atoms in total. The number of carbonyl (C=O) groups excluding carboxylic acids is 2. The number of amides is 2. The van der Waals surface area contributed by atoms with Gasteiger partial charge in [0.05, 0.1) is 20.3 Å². The molecule has 0 saturated carbocycles. The van der Waals surface area contributed by atoms with Crippen LogP contribution in [0.5, 0.6) is 5.75 Å². The lowest BCUT2D eigenvalue weighted by Crippen LogP contribution is -2.32. The smallest absolute Gasteiger partial charge is 0.251 e. The molecule has 1 saturated heterocycles. The van der Waals surface area contributed by atoms with Crippen LogP contribution in [0.1, 0.15) is 23.2 Å². The number of ether oxygens (including phenoxy) is 1. The van der Waals surface area contributed by atoms with E-state index in [0.717, 1.165) is 6.42 Å². The van der Waals surface area contributed by atoms with Crippen LogP contribution in [-0.2, 0) is 9.63 Å². The lowest BCUT2D eigenvalue weighted by Gasteiger charge is -2.13. The van der Waals surface area contributed by atoms with Gasteiger partial charge in [0, 0.05) is 18.5 Å². The van der Waals surface area contributed by atoms with Crippen LogP contribution < -0.4 is 10.1 Å². The molecular formula is C14H18N2O4. The number of hydrogen-bond donors (Lipinski definition) is 1. The minimum atomic E-state index is -0.223. The fourth-order valence-corrected chi connectivity index (χ4v) is 1.92. The molecule has 1 N–H and O–H groups in total. The summed E-state index contributed by atoms with van der Waals surface area (Å²) in [4.78, 5) is 28.7. The van der Waals surface area contributed by atoms with Gasteiger partial charge in [-0.1, -0.05) is 6.07 Å². The average Bonchev–Trinajstić information content (AvgIpc) is 3.01. The van der Waals surface area contributed by atoms with Gasteiger partial charge in [-0.2, -0.15) is 0 Å². The second kappa shape index (κ2) is 6.91. The Morgan fingerprint density at radius 3 is 3.00 bits per heavy atom. The Kier molecular flexibility index (Phi) is 4.95. The molecule has 1 fully saturated rings. The van der Waals surface area contributed by atoms with E-state index in [0.29, 0.717) is 24.5 Å². The summed E-state index contributed by atoms with van der Waals surface area (Å²) >= 11 is 0. The summed E-state index contributed by atoms with van der Waals surface area (Å²) in [5.41, 5.74) is 0.509. The molecule has 0 bridgehead atoms. The zero-order valence-electron chi connectivity index (χ0n) is 11.4. The number of nitrogens with one attached hydrogen (secondary N) is 1. The number of hydroxylamine groups is 2. The second-order valence-corrected chi connectivity index (χ2v) is 4.42. The molecule has 1 aromatic rings. The number of hydrogen-bond acceptors (Lipinski definition) is 4. The van der Waals surface area contributed by atoms with Gasteiger partial charge in [0.25, 0.3) is 5.91 Å². The van der Waals surface area contributed by atoms with Gasteiger partial charge in [0.15, 0.2) is 0 Å². The highest BCUT2D eigenvalue weighted by atomic mass is 16.7. The van der Waals surface area contributed by atoms with E-state index in [2.05, 4.69) is 5.32 Å². The Balaban J connectivity index is 1.78. The van der Waals surface area contributed by atoms with Crippen molar-refractivity contribution >= 4 is 11.8 Å². The number of carbonyl (C=O) groups is 2. The highest BCUT2D eigenvalue weighted by Crippen LogP contribution is 2.12. The van der Waals surface area contributed by atoms with Crippen LogP contribution in [0.25, 0.3) is 0 Å². The molecule has 1 aromatic carbocycles. The largest absolute Gasteiger partial charge is 0.497 e. The summed E-state index contributed by atoms with van der Waals surface area (Å²) in [6.45, 7) is 1.50. The maximum absolute atomic E-state index is 11.9. The molecule has 0 spiro atoms. The quantitative estimate of drug-likeness (QED) is 0.871. The normalized spacial score (nSPS) is 14.2. The number of rotatable bonds is 5. The summed E-state index contributed by atoms with van der Waals surface area (Å²) in [5, 5.41) is 4.07. The van der Waals surface area contributed by atoms with Crippen LogP contribution in [0.3, 0.4) is 0 Å². The fraction of sp³-hybridized carbons (Fsp3) is 0.429. The van der Waals surface area contributed by atoms with E-state index in [1.165, 1.54) is 5.06 Å². The van der Waals surface area contributed by atoms with Gasteiger partial charge in [0.2, 0.25) is 5.91 Å². The summed E-state index contributed by atoms with van der Waals surface area (Å²) < 4.78 is 5.06. The molecule has 1 aliphatic heterocycles. The van der Waals surface area contributed by atoms with Crippen molar-refractivity contribution < 1.29 is 19.2 Å². The van der Waals surface area contributed by atoms with E-state index in [-0.39, 0.29) is 24.8 Å². The summed E-state index contributed by atoms with van der Waals surface area (Å²) in [6, 6.07) is 6.87. The van der Waals surface area contributed by atoms with Crippen molar-refractivity contribution in [3.63, 3.8) is 0 Å². The highest BCUT2D eigenvalue weighted by molar-refractivity contribution is 5.94. The Bertz CT molecular complexity index is 484. The zero-order chi connectivity index (χ0) is 14.4. The van der Waals surface area contributed by atoms with Crippen LogP contribution in [-0.4, -0.2) is 43.7 Å². The van der Waals surface area contributed by atoms with Gasteiger partial charge >= 0.3 is 0 Å². The Morgan fingerprint density at radius 2 is 2.30 bits per heavy atom. The number of methoxy groups -OCH3 is 1. The molecule has 0 radical (unpaired) electrons. The van der Waals surface area contributed by atoms with Crippen molar-refractivity contribution in [1.29, 1.82) is 0 Å². The van der Waals surface area contributed by atoms with Crippen molar-refractivity contribution in [1.82, 2.24) is 10.4 Å². The second-order valence-electron chi connectivity index (χ2n) is 4.42. The maximum atomic E-state index is 11.9. The summed E-state index contributed by atoms with van der Waals surface area (Å²) in [5.74, 6) is 0.298. The van der Waals surface area contributed by atoms with E-state index in [1.807, 2.05) is 0 Å². The van der Waals surface area contributed by atoms with Crippen LogP contribution in [0.2, 0.25) is 0 Å². The molecule has 1 heterocycles. The molecule has 0 aromatic heterocycles. The summed E-state index contributed by atoms with van der Waals surface area (Å²) in [6.07, 6.45) is 1.09. The first-order valence-corrected chi connectivity index (χ1v) is 6.56. The van der Waals surface area contributed by atoms with Crippen molar-refractivity contribution in [2.24, 2.45) is 0 Å². The van der Waals surface area contributed by atoms with E-state index < -0.39 is 0 Å². The molecule has 20 heavy (non-hydrogen) atoms. The number of nitrogens with zero attached hydrogens (tertiary/aromatic N) is 1. The van der Waals surface area contributed by atoms with Crippen LogP contribution in [0, 0.1) is 0 Å².